The molecule has 2 heterocycles. The molecule has 1 fully saturated rings. The molecule has 1 aliphatic rings. The predicted octanol–water partition coefficient (Wildman–Crippen LogP) is 3.00. The van der Waals surface area contributed by atoms with Gasteiger partial charge in [-0.3, -0.25) is 4.90 Å². The first-order chi connectivity index (χ1) is 10.8. The van der Waals surface area contributed by atoms with Crippen LogP contribution < -0.4 is 10.1 Å². The summed E-state index contributed by atoms with van der Waals surface area (Å²) in [7, 11) is 0. The lowest BCUT2D eigenvalue weighted by molar-refractivity contribution is 0.164. The highest BCUT2D eigenvalue weighted by Crippen LogP contribution is 2.26. The Labute approximate surface area is 136 Å². The van der Waals surface area contributed by atoms with Crippen molar-refractivity contribution in [2.45, 2.75) is 26.4 Å². The van der Waals surface area contributed by atoms with Crippen molar-refractivity contribution in [3.8, 4) is 16.3 Å². The fraction of sp³-hybridized carbons (Fsp3) is 0.471. The van der Waals surface area contributed by atoms with Crippen LogP contribution >= 0.6 is 11.3 Å². The maximum Gasteiger partial charge on any atom is 0.123 e. The SMILES string of the molecule is CCOc1ccc(-c2nc(CN3CCNC[C@H]3C)cs2)cc1. The molecule has 0 amide bonds. The molecule has 1 aliphatic heterocycles. The number of piperazine rings is 1. The highest BCUT2D eigenvalue weighted by molar-refractivity contribution is 7.13. The van der Waals surface area contributed by atoms with Crippen molar-refractivity contribution in [2.24, 2.45) is 0 Å². The molecule has 5 heteroatoms. The van der Waals surface area contributed by atoms with Gasteiger partial charge in [0.15, 0.2) is 0 Å². The van der Waals surface area contributed by atoms with Gasteiger partial charge in [0.25, 0.3) is 0 Å². The number of hydrogen-bond acceptors (Lipinski definition) is 5. The number of rotatable bonds is 5. The molecule has 4 nitrogen and oxygen atoms in total. The fourth-order valence-corrected chi connectivity index (χ4v) is 3.52. The standard InChI is InChI=1S/C17H23N3OS/c1-3-21-16-6-4-14(5-7-16)17-19-15(12-22-17)11-20-9-8-18-10-13(20)2/h4-7,12-13,18H,3,8-11H2,1-2H3/t13-/m1/s1. The van der Waals surface area contributed by atoms with Gasteiger partial charge < -0.3 is 10.1 Å². The van der Waals surface area contributed by atoms with E-state index < -0.39 is 0 Å². The van der Waals surface area contributed by atoms with Gasteiger partial charge in [0.05, 0.1) is 12.3 Å². The fourth-order valence-electron chi connectivity index (χ4n) is 2.70. The molecule has 2 aromatic rings. The van der Waals surface area contributed by atoms with Gasteiger partial charge in [-0.15, -0.1) is 11.3 Å². The summed E-state index contributed by atoms with van der Waals surface area (Å²) in [6, 6.07) is 8.77. The van der Waals surface area contributed by atoms with Gasteiger partial charge in [-0.1, -0.05) is 0 Å². The average molecular weight is 317 g/mol. The van der Waals surface area contributed by atoms with Crippen LogP contribution in [-0.2, 0) is 6.54 Å². The summed E-state index contributed by atoms with van der Waals surface area (Å²) in [5, 5.41) is 6.69. The molecular formula is C17H23N3OS. The van der Waals surface area contributed by atoms with E-state index in [-0.39, 0.29) is 0 Å². The summed E-state index contributed by atoms with van der Waals surface area (Å²) < 4.78 is 5.48. The molecule has 0 unspecified atom stereocenters. The number of thiazole rings is 1. The Kier molecular flexibility index (Phi) is 5.08. The molecule has 22 heavy (non-hydrogen) atoms. The molecular weight excluding hydrogens is 294 g/mol. The van der Waals surface area contributed by atoms with Crippen molar-refractivity contribution in [3.63, 3.8) is 0 Å². The molecule has 0 radical (unpaired) electrons. The Morgan fingerprint density at radius 1 is 1.36 bits per heavy atom. The van der Waals surface area contributed by atoms with E-state index in [2.05, 4.69) is 34.7 Å². The van der Waals surface area contributed by atoms with Crippen LogP contribution in [0.15, 0.2) is 29.6 Å². The monoisotopic (exact) mass is 317 g/mol. The summed E-state index contributed by atoms with van der Waals surface area (Å²) in [6.07, 6.45) is 0. The van der Waals surface area contributed by atoms with Crippen LogP contribution in [0.25, 0.3) is 10.6 Å². The topological polar surface area (TPSA) is 37.4 Å². The Morgan fingerprint density at radius 3 is 2.91 bits per heavy atom. The van der Waals surface area contributed by atoms with Crippen molar-refractivity contribution in [3.05, 3.63) is 35.3 Å². The van der Waals surface area contributed by atoms with Crippen molar-refractivity contribution < 1.29 is 4.74 Å². The van der Waals surface area contributed by atoms with Gasteiger partial charge in [-0.2, -0.15) is 0 Å². The van der Waals surface area contributed by atoms with Crippen molar-refractivity contribution >= 4 is 11.3 Å². The Morgan fingerprint density at radius 2 is 2.18 bits per heavy atom. The lowest BCUT2D eigenvalue weighted by atomic mass is 10.2. The summed E-state index contributed by atoms with van der Waals surface area (Å²) in [4.78, 5) is 7.29. The van der Waals surface area contributed by atoms with Crippen molar-refractivity contribution in [1.29, 1.82) is 0 Å². The van der Waals surface area contributed by atoms with Crippen LogP contribution in [-0.4, -0.2) is 42.2 Å². The first-order valence-electron chi connectivity index (χ1n) is 7.88. The third-order valence-corrected chi connectivity index (χ3v) is 4.91. The highest BCUT2D eigenvalue weighted by atomic mass is 32.1. The normalized spacial score (nSPS) is 19.3. The van der Waals surface area contributed by atoms with E-state index in [0.29, 0.717) is 12.6 Å². The average Bonchev–Trinajstić information content (AvgIpc) is 2.99. The zero-order valence-electron chi connectivity index (χ0n) is 13.2. The minimum absolute atomic E-state index is 0.573. The summed E-state index contributed by atoms with van der Waals surface area (Å²) in [5.41, 5.74) is 2.33. The zero-order chi connectivity index (χ0) is 15.4. The maximum atomic E-state index is 5.48. The van der Waals surface area contributed by atoms with Gasteiger partial charge in [-0.05, 0) is 38.1 Å². The molecule has 1 N–H and O–H groups in total. The number of benzene rings is 1. The largest absolute Gasteiger partial charge is 0.494 e. The van der Waals surface area contributed by atoms with Crippen LogP contribution in [0, 0.1) is 0 Å². The lowest BCUT2D eigenvalue weighted by Gasteiger charge is -2.33. The molecule has 0 aliphatic carbocycles. The van der Waals surface area contributed by atoms with E-state index >= 15 is 0 Å². The van der Waals surface area contributed by atoms with Gasteiger partial charge in [-0.25, -0.2) is 4.98 Å². The summed E-state index contributed by atoms with van der Waals surface area (Å²) >= 11 is 1.72. The predicted molar refractivity (Wildman–Crippen MR) is 91.5 cm³/mol. The zero-order valence-corrected chi connectivity index (χ0v) is 14.0. The minimum Gasteiger partial charge on any atom is -0.494 e. The lowest BCUT2D eigenvalue weighted by Crippen LogP contribution is -2.49. The van der Waals surface area contributed by atoms with Crippen LogP contribution in [0.1, 0.15) is 19.5 Å². The van der Waals surface area contributed by atoms with E-state index in [1.165, 1.54) is 5.69 Å². The number of nitrogens with one attached hydrogen (secondary N) is 1. The number of hydrogen-bond donors (Lipinski definition) is 1. The van der Waals surface area contributed by atoms with Gasteiger partial charge >= 0.3 is 0 Å². The molecule has 1 aromatic carbocycles. The van der Waals surface area contributed by atoms with E-state index in [1.54, 1.807) is 11.3 Å². The van der Waals surface area contributed by atoms with E-state index in [0.717, 1.165) is 42.5 Å². The van der Waals surface area contributed by atoms with Gasteiger partial charge in [0.1, 0.15) is 10.8 Å². The molecule has 0 bridgehead atoms. The van der Waals surface area contributed by atoms with Crippen LogP contribution in [0.3, 0.4) is 0 Å². The van der Waals surface area contributed by atoms with E-state index in [4.69, 9.17) is 9.72 Å². The van der Waals surface area contributed by atoms with Gasteiger partial charge in [0.2, 0.25) is 0 Å². The second-order valence-corrected chi connectivity index (χ2v) is 6.48. The van der Waals surface area contributed by atoms with Crippen LogP contribution in [0.2, 0.25) is 0 Å². The second-order valence-electron chi connectivity index (χ2n) is 5.63. The van der Waals surface area contributed by atoms with E-state index in [9.17, 15) is 0 Å². The molecule has 0 spiro atoms. The Balaban J connectivity index is 1.67. The second kappa shape index (κ2) is 7.22. The number of ether oxygens (including phenoxy) is 1. The molecule has 1 atom stereocenters. The first-order valence-corrected chi connectivity index (χ1v) is 8.76. The molecule has 3 rings (SSSR count). The summed E-state index contributed by atoms with van der Waals surface area (Å²) in [6.45, 7) is 9.14. The van der Waals surface area contributed by atoms with E-state index in [1.807, 2.05) is 19.1 Å². The maximum absolute atomic E-state index is 5.48. The summed E-state index contributed by atoms with van der Waals surface area (Å²) in [5.74, 6) is 0.915. The Bertz CT molecular complexity index is 596. The smallest absolute Gasteiger partial charge is 0.123 e. The van der Waals surface area contributed by atoms with Crippen molar-refractivity contribution in [2.75, 3.05) is 26.2 Å². The Hall–Kier alpha value is -1.43. The van der Waals surface area contributed by atoms with Crippen LogP contribution in [0.5, 0.6) is 5.75 Å². The third kappa shape index (κ3) is 3.66. The molecule has 1 saturated heterocycles. The molecule has 1 aromatic heterocycles. The third-order valence-electron chi connectivity index (χ3n) is 3.97. The number of nitrogens with zero attached hydrogens (tertiary/aromatic N) is 2. The van der Waals surface area contributed by atoms with Crippen molar-refractivity contribution in [1.82, 2.24) is 15.2 Å². The number of aromatic nitrogens is 1. The molecule has 0 saturated carbocycles. The van der Waals surface area contributed by atoms with Gasteiger partial charge in [0, 0.05) is 43.2 Å². The molecule has 118 valence electrons. The highest BCUT2D eigenvalue weighted by Gasteiger charge is 2.19. The first kappa shape index (κ1) is 15.5. The quantitative estimate of drug-likeness (QED) is 0.920. The minimum atomic E-state index is 0.573. The van der Waals surface area contributed by atoms with Crippen LogP contribution in [0.4, 0.5) is 0 Å².